The van der Waals surface area contributed by atoms with Crippen molar-refractivity contribution < 1.29 is 13.2 Å². The van der Waals surface area contributed by atoms with Gasteiger partial charge in [0.1, 0.15) is 0 Å². The summed E-state index contributed by atoms with van der Waals surface area (Å²) < 4.78 is 24.2. The molecular formula is C18H22N2O3S. The largest absolute Gasteiger partial charge is 0.338 e. The van der Waals surface area contributed by atoms with Gasteiger partial charge in [-0.25, -0.2) is 13.2 Å². The van der Waals surface area contributed by atoms with Crippen LogP contribution in [-0.4, -0.2) is 26.7 Å². The Morgan fingerprint density at radius 3 is 2.21 bits per heavy atom. The van der Waals surface area contributed by atoms with Crippen molar-refractivity contribution in [3.8, 4) is 0 Å². The first kappa shape index (κ1) is 18.0. The number of benzene rings is 2. The Hall–Kier alpha value is -2.34. The zero-order valence-electron chi connectivity index (χ0n) is 13.6. The number of hydrogen-bond acceptors (Lipinski definition) is 3. The molecule has 0 heterocycles. The van der Waals surface area contributed by atoms with E-state index in [4.69, 9.17) is 0 Å². The van der Waals surface area contributed by atoms with Crippen LogP contribution in [0, 0.1) is 0 Å². The molecule has 2 amide bonds. The highest BCUT2D eigenvalue weighted by Gasteiger charge is 2.14. The highest BCUT2D eigenvalue weighted by molar-refractivity contribution is 7.91. The van der Waals surface area contributed by atoms with Crippen LogP contribution in [0.2, 0.25) is 0 Å². The van der Waals surface area contributed by atoms with E-state index in [-0.39, 0.29) is 17.8 Å². The van der Waals surface area contributed by atoms with E-state index in [1.165, 1.54) is 0 Å². The summed E-state index contributed by atoms with van der Waals surface area (Å²) in [6, 6.07) is 17.6. The highest BCUT2D eigenvalue weighted by atomic mass is 32.2. The summed E-state index contributed by atoms with van der Waals surface area (Å²) in [7, 11) is -3.30. The number of amides is 2. The number of hydrogen-bond donors (Lipinski definition) is 2. The molecule has 1 unspecified atom stereocenters. The maximum atomic E-state index is 12.1. The molecule has 0 spiro atoms. The SMILES string of the molecule is CC(NC(=O)NCCCS(=O)(=O)c1ccccc1)c1ccccc1. The predicted octanol–water partition coefficient (Wildman–Crippen LogP) is 2.91. The van der Waals surface area contributed by atoms with Crippen molar-refractivity contribution in [3.63, 3.8) is 0 Å². The maximum absolute atomic E-state index is 12.1. The lowest BCUT2D eigenvalue weighted by atomic mass is 10.1. The number of carbonyl (C=O) groups excluding carboxylic acids is 1. The Morgan fingerprint density at radius 2 is 1.58 bits per heavy atom. The Morgan fingerprint density at radius 1 is 1.00 bits per heavy atom. The van der Waals surface area contributed by atoms with Crippen molar-refractivity contribution in [1.29, 1.82) is 0 Å². The predicted molar refractivity (Wildman–Crippen MR) is 94.5 cm³/mol. The van der Waals surface area contributed by atoms with E-state index in [0.717, 1.165) is 5.56 Å². The van der Waals surface area contributed by atoms with E-state index in [0.29, 0.717) is 17.9 Å². The average molecular weight is 346 g/mol. The molecule has 0 saturated carbocycles. The molecule has 2 N–H and O–H groups in total. The van der Waals surface area contributed by atoms with Crippen LogP contribution in [0.15, 0.2) is 65.6 Å². The van der Waals surface area contributed by atoms with Crippen molar-refractivity contribution in [2.45, 2.75) is 24.3 Å². The minimum Gasteiger partial charge on any atom is -0.338 e. The standard InChI is InChI=1S/C18H22N2O3S/c1-15(16-9-4-2-5-10-16)20-18(21)19-13-8-14-24(22,23)17-11-6-3-7-12-17/h2-7,9-12,15H,8,13-14H2,1H3,(H2,19,20,21). The van der Waals surface area contributed by atoms with Crippen LogP contribution < -0.4 is 10.6 Å². The second-order valence-corrected chi connectivity index (χ2v) is 7.63. The van der Waals surface area contributed by atoms with Crippen molar-refractivity contribution in [2.24, 2.45) is 0 Å². The molecule has 0 aliphatic heterocycles. The molecular weight excluding hydrogens is 324 g/mol. The van der Waals surface area contributed by atoms with E-state index in [1.54, 1.807) is 30.3 Å². The minimum atomic E-state index is -3.30. The first-order valence-corrected chi connectivity index (χ1v) is 9.51. The Balaban J connectivity index is 1.73. The lowest BCUT2D eigenvalue weighted by Gasteiger charge is -2.15. The zero-order valence-corrected chi connectivity index (χ0v) is 14.4. The van der Waals surface area contributed by atoms with E-state index in [1.807, 2.05) is 37.3 Å². The molecule has 2 rings (SSSR count). The molecule has 6 heteroatoms. The number of rotatable bonds is 7. The highest BCUT2D eigenvalue weighted by Crippen LogP contribution is 2.11. The summed E-state index contributed by atoms with van der Waals surface area (Å²) in [4.78, 5) is 12.2. The average Bonchev–Trinajstić information content (AvgIpc) is 2.60. The molecule has 5 nitrogen and oxygen atoms in total. The fraction of sp³-hybridized carbons (Fsp3) is 0.278. The molecule has 0 aliphatic carbocycles. The van der Waals surface area contributed by atoms with Gasteiger partial charge in [0.2, 0.25) is 0 Å². The first-order valence-electron chi connectivity index (χ1n) is 7.86. The summed E-state index contributed by atoms with van der Waals surface area (Å²) in [5.41, 5.74) is 1.01. The number of sulfone groups is 1. The van der Waals surface area contributed by atoms with Crippen LogP contribution in [0.4, 0.5) is 4.79 Å². The van der Waals surface area contributed by atoms with Crippen molar-refractivity contribution in [2.75, 3.05) is 12.3 Å². The molecule has 2 aromatic rings. The summed E-state index contributed by atoms with van der Waals surface area (Å²) in [6.07, 6.45) is 0.365. The third-order valence-corrected chi connectivity index (χ3v) is 5.44. The molecule has 0 fully saturated rings. The molecule has 0 radical (unpaired) electrons. The van der Waals surface area contributed by atoms with E-state index in [9.17, 15) is 13.2 Å². The molecule has 1 atom stereocenters. The fourth-order valence-electron chi connectivity index (χ4n) is 2.28. The molecule has 0 saturated heterocycles. The molecule has 0 aromatic heterocycles. The fourth-order valence-corrected chi connectivity index (χ4v) is 3.61. The van der Waals surface area contributed by atoms with Gasteiger partial charge >= 0.3 is 6.03 Å². The van der Waals surface area contributed by atoms with Crippen LogP contribution in [-0.2, 0) is 9.84 Å². The number of nitrogens with one attached hydrogen (secondary N) is 2. The van der Waals surface area contributed by atoms with Gasteiger partial charge in [0, 0.05) is 6.54 Å². The molecule has 24 heavy (non-hydrogen) atoms. The number of urea groups is 1. The summed E-state index contributed by atoms with van der Waals surface area (Å²) in [5, 5.41) is 5.52. The van der Waals surface area contributed by atoms with Crippen molar-refractivity contribution in [1.82, 2.24) is 10.6 Å². The monoisotopic (exact) mass is 346 g/mol. The van der Waals surface area contributed by atoms with Gasteiger partial charge in [0.25, 0.3) is 0 Å². The summed E-state index contributed by atoms with van der Waals surface area (Å²) in [6.45, 7) is 2.20. The molecule has 128 valence electrons. The maximum Gasteiger partial charge on any atom is 0.315 e. The smallest absolute Gasteiger partial charge is 0.315 e. The Labute approximate surface area is 143 Å². The molecule has 2 aromatic carbocycles. The Bertz CT molecular complexity index is 746. The van der Waals surface area contributed by atoms with Crippen molar-refractivity contribution >= 4 is 15.9 Å². The van der Waals surface area contributed by atoms with Gasteiger partial charge in [0.05, 0.1) is 16.7 Å². The van der Waals surface area contributed by atoms with Crippen LogP contribution >= 0.6 is 0 Å². The minimum absolute atomic E-state index is 0.00549. The Kier molecular flexibility index (Phi) is 6.37. The van der Waals surface area contributed by atoms with Gasteiger partial charge in [-0.2, -0.15) is 0 Å². The van der Waals surface area contributed by atoms with Crippen LogP contribution in [0.3, 0.4) is 0 Å². The quantitative estimate of drug-likeness (QED) is 0.757. The first-order chi connectivity index (χ1) is 11.5. The van der Waals surface area contributed by atoms with E-state index in [2.05, 4.69) is 10.6 Å². The zero-order chi connectivity index (χ0) is 17.4. The van der Waals surface area contributed by atoms with Gasteiger partial charge < -0.3 is 10.6 Å². The topological polar surface area (TPSA) is 75.3 Å². The molecule has 0 aliphatic rings. The van der Waals surface area contributed by atoms with Gasteiger partial charge in [-0.1, -0.05) is 48.5 Å². The lowest BCUT2D eigenvalue weighted by molar-refractivity contribution is 0.238. The van der Waals surface area contributed by atoms with E-state index < -0.39 is 9.84 Å². The normalized spacial score (nSPS) is 12.4. The van der Waals surface area contributed by atoms with E-state index >= 15 is 0 Å². The van der Waals surface area contributed by atoms with Crippen molar-refractivity contribution in [3.05, 3.63) is 66.2 Å². The second kappa shape index (κ2) is 8.49. The van der Waals surface area contributed by atoms with Crippen LogP contribution in [0.5, 0.6) is 0 Å². The third kappa shape index (κ3) is 5.38. The third-order valence-electron chi connectivity index (χ3n) is 3.62. The lowest BCUT2D eigenvalue weighted by Crippen LogP contribution is -2.37. The summed E-state index contributed by atoms with van der Waals surface area (Å²) in [5.74, 6) is 0.00549. The number of carbonyl (C=O) groups is 1. The second-order valence-electron chi connectivity index (χ2n) is 5.52. The van der Waals surface area contributed by atoms with Gasteiger partial charge in [-0.15, -0.1) is 0 Å². The van der Waals surface area contributed by atoms with Gasteiger partial charge in [-0.3, -0.25) is 0 Å². The van der Waals surface area contributed by atoms with Crippen LogP contribution in [0.25, 0.3) is 0 Å². The molecule has 0 bridgehead atoms. The summed E-state index contributed by atoms with van der Waals surface area (Å²) >= 11 is 0. The van der Waals surface area contributed by atoms with Gasteiger partial charge in [-0.05, 0) is 31.0 Å². The van der Waals surface area contributed by atoms with Crippen LogP contribution in [0.1, 0.15) is 24.9 Å². The van der Waals surface area contributed by atoms with Gasteiger partial charge in [0.15, 0.2) is 9.84 Å².